The van der Waals surface area contributed by atoms with E-state index in [9.17, 15) is 13.6 Å². The maximum atomic E-state index is 12.3. The van der Waals surface area contributed by atoms with E-state index < -0.39 is 6.61 Å². The molecule has 0 aliphatic carbocycles. The molecule has 2 N–H and O–H groups in total. The number of carbonyl (C=O) groups is 1. The molecule has 0 spiro atoms. The fourth-order valence-electron chi connectivity index (χ4n) is 3.18. The fourth-order valence-corrected chi connectivity index (χ4v) is 3.18. The van der Waals surface area contributed by atoms with E-state index in [1.54, 1.807) is 12.1 Å². The Morgan fingerprint density at radius 3 is 2.56 bits per heavy atom. The van der Waals surface area contributed by atoms with Crippen molar-refractivity contribution in [3.8, 4) is 5.75 Å². The Labute approximate surface area is 157 Å². The molecule has 2 aromatic rings. The molecular formula is C20H23F2N3O2. The number of rotatable bonds is 6. The minimum Gasteiger partial charge on any atom is -0.435 e. The van der Waals surface area contributed by atoms with Gasteiger partial charge in [0.1, 0.15) is 5.75 Å². The molecule has 5 nitrogen and oxygen atoms in total. The van der Waals surface area contributed by atoms with Gasteiger partial charge in [0.05, 0.1) is 0 Å². The van der Waals surface area contributed by atoms with Crippen LogP contribution in [0.3, 0.4) is 0 Å². The van der Waals surface area contributed by atoms with Crippen LogP contribution in [0.5, 0.6) is 5.75 Å². The number of ether oxygens (including phenoxy) is 1. The maximum Gasteiger partial charge on any atom is 0.387 e. The van der Waals surface area contributed by atoms with Gasteiger partial charge >= 0.3 is 12.6 Å². The lowest BCUT2D eigenvalue weighted by molar-refractivity contribution is -0.0497. The summed E-state index contributed by atoms with van der Waals surface area (Å²) in [6.45, 7) is -0.152. The standard InChI is InChI=1S/C20H23F2N3O2/c21-19(22)27-18-8-4-7-17(13-18)24-20(26)23-16-9-11-25(12-10-16)14-15-5-2-1-3-6-15/h1-8,13,16,19H,9-12,14H2,(H2,23,24,26). The lowest BCUT2D eigenvalue weighted by Crippen LogP contribution is -2.45. The largest absolute Gasteiger partial charge is 0.435 e. The number of piperidine rings is 1. The van der Waals surface area contributed by atoms with E-state index in [0.29, 0.717) is 5.69 Å². The van der Waals surface area contributed by atoms with Gasteiger partial charge < -0.3 is 15.4 Å². The van der Waals surface area contributed by atoms with Gasteiger partial charge in [0.25, 0.3) is 0 Å². The molecule has 3 rings (SSSR count). The summed E-state index contributed by atoms with van der Waals surface area (Å²) in [5.41, 5.74) is 1.69. The van der Waals surface area contributed by atoms with Crippen molar-refractivity contribution in [3.63, 3.8) is 0 Å². The summed E-state index contributed by atoms with van der Waals surface area (Å²) in [6.07, 6.45) is 1.74. The van der Waals surface area contributed by atoms with Crippen LogP contribution in [0.25, 0.3) is 0 Å². The van der Waals surface area contributed by atoms with Gasteiger partial charge in [-0.15, -0.1) is 0 Å². The fraction of sp³-hybridized carbons (Fsp3) is 0.350. The Kier molecular flexibility index (Phi) is 6.59. The maximum absolute atomic E-state index is 12.3. The molecule has 1 heterocycles. The summed E-state index contributed by atoms with van der Waals surface area (Å²) >= 11 is 0. The SMILES string of the molecule is O=C(Nc1cccc(OC(F)F)c1)NC1CCN(Cc2ccccc2)CC1. The number of anilines is 1. The molecule has 144 valence electrons. The van der Waals surface area contributed by atoms with Crippen molar-refractivity contribution in [2.45, 2.75) is 32.0 Å². The van der Waals surface area contributed by atoms with Crippen LogP contribution in [-0.2, 0) is 6.54 Å². The van der Waals surface area contributed by atoms with E-state index in [0.717, 1.165) is 32.5 Å². The van der Waals surface area contributed by atoms with Crippen LogP contribution in [-0.4, -0.2) is 36.7 Å². The van der Waals surface area contributed by atoms with Crippen molar-refractivity contribution in [2.24, 2.45) is 0 Å². The third kappa shape index (κ3) is 6.21. The van der Waals surface area contributed by atoms with Gasteiger partial charge in [-0.3, -0.25) is 4.90 Å². The molecule has 7 heteroatoms. The number of nitrogens with one attached hydrogen (secondary N) is 2. The summed E-state index contributed by atoms with van der Waals surface area (Å²) < 4.78 is 28.9. The van der Waals surface area contributed by atoms with Crippen LogP contribution in [0, 0.1) is 0 Å². The first-order chi connectivity index (χ1) is 13.1. The number of carbonyl (C=O) groups excluding carboxylic acids is 1. The van der Waals surface area contributed by atoms with Crippen molar-refractivity contribution in [2.75, 3.05) is 18.4 Å². The normalized spacial score (nSPS) is 15.5. The molecule has 0 aromatic heterocycles. The molecule has 1 saturated heterocycles. The van der Waals surface area contributed by atoms with E-state index in [-0.39, 0.29) is 17.8 Å². The number of nitrogens with zero attached hydrogens (tertiary/aromatic N) is 1. The second-order valence-corrected chi connectivity index (χ2v) is 6.54. The van der Waals surface area contributed by atoms with Gasteiger partial charge in [-0.1, -0.05) is 36.4 Å². The van der Waals surface area contributed by atoms with Crippen molar-refractivity contribution in [1.82, 2.24) is 10.2 Å². The molecule has 0 radical (unpaired) electrons. The van der Waals surface area contributed by atoms with Gasteiger partial charge in [-0.05, 0) is 30.5 Å². The van der Waals surface area contributed by atoms with Crippen molar-refractivity contribution in [1.29, 1.82) is 0 Å². The van der Waals surface area contributed by atoms with Crippen molar-refractivity contribution >= 4 is 11.7 Å². The monoisotopic (exact) mass is 375 g/mol. The Morgan fingerprint density at radius 2 is 1.85 bits per heavy atom. The van der Waals surface area contributed by atoms with E-state index in [1.807, 2.05) is 18.2 Å². The first-order valence-corrected chi connectivity index (χ1v) is 8.97. The zero-order valence-corrected chi connectivity index (χ0v) is 14.9. The first-order valence-electron chi connectivity index (χ1n) is 8.97. The predicted octanol–water partition coefficient (Wildman–Crippen LogP) is 4.07. The number of halogens is 2. The first kappa shape index (κ1) is 19.1. The molecule has 0 saturated carbocycles. The minimum absolute atomic E-state index is 0.0111. The van der Waals surface area contributed by atoms with Crippen LogP contribution >= 0.6 is 0 Å². The van der Waals surface area contributed by atoms with E-state index in [2.05, 4.69) is 32.4 Å². The number of hydrogen-bond acceptors (Lipinski definition) is 3. The third-order valence-electron chi connectivity index (χ3n) is 4.49. The van der Waals surface area contributed by atoms with Crippen LogP contribution in [0.2, 0.25) is 0 Å². The average Bonchev–Trinajstić information content (AvgIpc) is 2.64. The van der Waals surface area contributed by atoms with E-state index >= 15 is 0 Å². The van der Waals surface area contributed by atoms with Crippen LogP contribution in [0.1, 0.15) is 18.4 Å². The Bertz CT molecular complexity index is 735. The highest BCUT2D eigenvalue weighted by molar-refractivity contribution is 5.89. The highest BCUT2D eigenvalue weighted by Crippen LogP contribution is 2.19. The molecule has 1 aliphatic rings. The molecule has 0 bridgehead atoms. The number of alkyl halides is 2. The second kappa shape index (κ2) is 9.32. The second-order valence-electron chi connectivity index (χ2n) is 6.54. The van der Waals surface area contributed by atoms with E-state index in [4.69, 9.17) is 0 Å². The lowest BCUT2D eigenvalue weighted by Gasteiger charge is -2.32. The van der Waals surface area contributed by atoms with Crippen molar-refractivity contribution < 1.29 is 18.3 Å². The highest BCUT2D eigenvalue weighted by atomic mass is 19.3. The summed E-state index contributed by atoms with van der Waals surface area (Å²) in [6, 6.07) is 16.0. The van der Waals surface area contributed by atoms with Gasteiger partial charge in [0, 0.05) is 37.4 Å². The van der Waals surface area contributed by atoms with Crippen molar-refractivity contribution in [3.05, 3.63) is 60.2 Å². The van der Waals surface area contributed by atoms with Crippen LogP contribution in [0.4, 0.5) is 19.3 Å². The summed E-state index contributed by atoms with van der Waals surface area (Å²) in [5, 5.41) is 5.61. The summed E-state index contributed by atoms with van der Waals surface area (Å²) in [7, 11) is 0. The molecule has 2 amide bonds. The topological polar surface area (TPSA) is 53.6 Å². The molecule has 2 aromatic carbocycles. The number of hydrogen-bond donors (Lipinski definition) is 2. The van der Waals surface area contributed by atoms with Crippen LogP contribution < -0.4 is 15.4 Å². The molecule has 1 aliphatic heterocycles. The number of amides is 2. The third-order valence-corrected chi connectivity index (χ3v) is 4.49. The van der Waals surface area contributed by atoms with Gasteiger partial charge in [-0.2, -0.15) is 8.78 Å². The smallest absolute Gasteiger partial charge is 0.387 e. The zero-order chi connectivity index (χ0) is 19.1. The van der Waals surface area contributed by atoms with Crippen LogP contribution in [0.15, 0.2) is 54.6 Å². The number of urea groups is 1. The minimum atomic E-state index is -2.89. The molecule has 0 atom stereocenters. The van der Waals surface area contributed by atoms with Gasteiger partial charge in [0.2, 0.25) is 0 Å². The highest BCUT2D eigenvalue weighted by Gasteiger charge is 2.20. The lowest BCUT2D eigenvalue weighted by atomic mass is 10.0. The summed E-state index contributed by atoms with van der Waals surface area (Å²) in [5.74, 6) is 0.0111. The number of benzene rings is 2. The van der Waals surface area contributed by atoms with E-state index in [1.165, 1.54) is 17.7 Å². The zero-order valence-electron chi connectivity index (χ0n) is 14.9. The predicted molar refractivity (Wildman–Crippen MR) is 100.0 cm³/mol. The molecule has 27 heavy (non-hydrogen) atoms. The Morgan fingerprint density at radius 1 is 1.11 bits per heavy atom. The van der Waals surface area contributed by atoms with Gasteiger partial charge in [0.15, 0.2) is 0 Å². The Hall–Kier alpha value is -2.67. The van der Waals surface area contributed by atoms with Gasteiger partial charge in [-0.25, -0.2) is 4.79 Å². The molecule has 0 unspecified atom stereocenters. The molecule has 1 fully saturated rings. The summed E-state index contributed by atoms with van der Waals surface area (Å²) in [4.78, 5) is 14.5. The quantitative estimate of drug-likeness (QED) is 0.800. The average molecular weight is 375 g/mol. The Balaban J connectivity index is 1.43. The molecular weight excluding hydrogens is 352 g/mol. The number of likely N-dealkylation sites (tertiary alicyclic amines) is 1.